The van der Waals surface area contributed by atoms with Crippen LogP contribution in [0.5, 0.6) is 5.75 Å². The normalized spacial score (nSPS) is 10.5. The molecule has 2 aromatic rings. The number of anilines is 2. The van der Waals surface area contributed by atoms with Crippen LogP contribution in [0, 0.1) is 0 Å². The van der Waals surface area contributed by atoms with Crippen LogP contribution in [-0.4, -0.2) is 11.1 Å². The van der Waals surface area contributed by atoms with Gasteiger partial charge in [0.25, 0.3) is 0 Å². The fourth-order valence-electron chi connectivity index (χ4n) is 1.70. The Bertz CT molecular complexity index is 526. The predicted octanol–water partition coefficient (Wildman–Crippen LogP) is 3.06. The SMILES string of the molecule is CC(C)Oc1cc(NCc2ccccn2)ccc1N. The summed E-state index contributed by atoms with van der Waals surface area (Å²) in [7, 11) is 0. The molecule has 0 amide bonds. The van der Waals surface area contributed by atoms with E-state index in [0.29, 0.717) is 18.0 Å². The van der Waals surface area contributed by atoms with E-state index in [1.165, 1.54) is 0 Å². The minimum atomic E-state index is 0.105. The Morgan fingerprint density at radius 2 is 2.11 bits per heavy atom. The predicted molar refractivity (Wildman–Crippen MR) is 78.2 cm³/mol. The van der Waals surface area contributed by atoms with Crippen molar-refractivity contribution in [2.24, 2.45) is 0 Å². The monoisotopic (exact) mass is 257 g/mol. The molecule has 0 unspecified atom stereocenters. The van der Waals surface area contributed by atoms with Crippen molar-refractivity contribution in [3.63, 3.8) is 0 Å². The van der Waals surface area contributed by atoms with Crippen LogP contribution < -0.4 is 15.8 Å². The van der Waals surface area contributed by atoms with E-state index in [1.54, 1.807) is 6.20 Å². The van der Waals surface area contributed by atoms with Gasteiger partial charge < -0.3 is 15.8 Å². The first-order valence-corrected chi connectivity index (χ1v) is 6.35. The molecule has 3 N–H and O–H groups in total. The first-order valence-electron chi connectivity index (χ1n) is 6.35. The molecule has 2 rings (SSSR count). The molecule has 1 aromatic carbocycles. The molecule has 0 saturated carbocycles. The number of nitrogen functional groups attached to an aromatic ring is 1. The second kappa shape index (κ2) is 6.09. The van der Waals surface area contributed by atoms with Crippen molar-refractivity contribution >= 4 is 11.4 Å². The molecule has 0 atom stereocenters. The van der Waals surface area contributed by atoms with Crippen molar-refractivity contribution in [1.29, 1.82) is 0 Å². The highest BCUT2D eigenvalue weighted by molar-refractivity contribution is 5.61. The van der Waals surface area contributed by atoms with Crippen LogP contribution >= 0.6 is 0 Å². The molecule has 1 heterocycles. The summed E-state index contributed by atoms with van der Waals surface area (Å²) in [5.74, 6) is 0.709. The fraction of sp³-hybridized carbons (Fsp3) is 0.267. The number of ether oxygens (including phenoxy) is 1. The van der Waals surface area contributed by atoms with E-state index < -0.39 is 0 Å². The van der Waals surface area contributed by atoms with Crippen LogP contribution in [0.15, 0.2) is 42.6 Å². The van der Waals surface area contributed by atoms with Gasteiger partial charge in [-0.05, 0) is 38.1 Å². The number of nitrogens with zero attached hydrogens (tertiary/aromatic N) is 1. The Balaban J connectivity index is 2.04. The molecular weight excluding hydrogens is 238 g/mol. The molecule has 4 nitrogen and oxygen atoms in total. The molecule has 0 spiro atoms. The summed E-state index contributed by atoms with van der Waals surface area (Å²) < 4.78 is 5.66. The van der Waals surface area contributed by atoms with Crippen LogP contribution in [0.3, 0.4) is 0 Å². The van der Waals surface area contributed by atoms with Crippen LogP contribution in [0.1, 0.15) is 19.5 Å². The maximum Gasteiger partial charge on any atom is 0.144 e. The van der Waals surface area contributed by atoms with Gasteiger partial charge >= 0.3 is 0 Å². The van der Waals surface area contributed by atoms with E-state index in [2.05, 4.69) is 10.3 Å². The highest BCUT2D eigenvalue weighted by Crippen LogP contribution is 2.26. The standard InChI is InChI=1S/C15H19N3O/c1-11(2)19-15-9-12(6-7-14(15)16)18-10-13-5-3-4-8-17-13/h3-9,11,18H,10,16H2,1-2H3. The number of hydrogen-bond acceptors (Lipinski definition) is 4. The van der Waals surface area contributed by atoms with Gasteiger partial charge in [0.05, 0.1) is 24.0 Å². The van der Waals surface area contributed by atoms with Crippen LogP contribution in [0.2, 0.25) is 0 Å². The molecule has 0 aliphatic heterocycles. The van der Waals surface area contributed by atoms with Gasteiger partial charge in [0.1, 0.15) is 5.75 Å². The molecule has 0 aliphatic carbocycles. The van der Waals surface area contributed by atoms with Gasteiger partial charge in [-0.1, -0.05) is 6.07 Å². The Hall–Kier alpha value is -2.23. The van der Waals surface area contributed by atoms with Gasteiger partial charge in [-0.15, -0.1) is 0 Å². The zero-order chi connectivity index (χ0) is 13.7. The van der Waals surface area contributed by atoms with Gasteiger partial charge in [-0.3, -0.25) is 4.98 Å². The van der Waals surface area contributed by atoms with Gasteiger partial charge in [0.15, 0.2) is 0 Å². The Labute approximate surface area is 113 Å². The molecular formula is C15H19N3O. The molecule has 0 saturated heterocycles. The minimum Gasteiger partial charge on any atom is -0.489 e. The summed E-state index contributed by atoms with van der Waals surface area (Å²) in [6.07, 6.45) is 1.89. The van der Waals surface area contributed by atoms with Crippen LogP contribution in [0.25, 0.3) is 0 Å². The highest BCUT2D eigenvalue weighted by Gasteiger charge is 2.04. The lowest BCUT2D eigenvalue weighted by Gasteiger charge is -2.14. The van der Waals surface area contributed by atoms with E-state index in [-0.39, 0.29) is 6.10 Å². The quantitative estimate of drug-likeness (QED) is 0.808. The van der Waals surface area contributed by atoms with Gasteiger partial charge in [-0.25, -0.2) is 0 Å². The first-order chi connectivity index (χ1) is 9.15. The Morgan fingerprint density at radius 1 is 1.26 bits per heavy atom. The molecule has 0 aliphatic rings. The topological polar surface area (TPSA) is 60.2 Å². The van der Waals surface area contributed by atoms with Crippen molar-refractivity contribution in [2.45, 2.75) is 26.5 Å². The maximum absolute atomic E-state index is 5.88. The number of rotatable bonds is 5. The number of pyridine rings is 1. The zero-order valence-corrected chi connectivity index (χ0v) is 11.3. The molecule has 0 bridgehead atoms. The van der Waals surface area contributed by atoms with Crippen molar-refractivity contribution in [2.75, 3.05) is 11.1 Å². The largest absolute Gasteiger partial charge is 0.489 e. The summed E-state index contributed by atoms with van der Waals surface area (Å²) in [6.45, 7) is 4.63. The summed E-state index contributed by atoms with van der Waals surface area (Å²) in [5.41, 5.74) is 8.49. The number of benzene rings is 1. The lowest BCUT2D eigenvalue weighted by Crippen LogP contribution is -2.08. The Morgan fingerprint density at radius 3 is 2.79 bits per heavy atom. The van der Waals surface area contributed by atoms with Crippen molar-refractivity contribution < 1.29 is 4.74 Å². The summed E-state index contributed by atoms with van der Waals surface area (Å²) in [5, 5.41) is 3.30. The van der Waals surface area contributed by atoms with Gasteiger partial charge in [0, 0.05) is 18.0 Å². The third-order valence-electron chi connectivity index (χ3n) is 2.58. The smallest absolute Gasteiger partial charge is 0.144 e. The average molecular weight is 257 g/mol. The van der Waals surface area contributed by atoms with E-state index in [4.69, 9.17) is 10.5 Å². The van der Waals surface area contributed by atoms with Gasteiger partial charge in [0.2, 0.25) is 0 Å². The minimum absolute atomic E-state index is 0.105. The number of nitrogens with two attached hydrogens (primary N) is 1. The summed E-state index contributed by atoms with van der Waals surface area (Å²) >= 11 is 0. The van der Waals surface area contributed by atoms with E-state index in [1.807, 2.05) is 50.2 Å². The van der Waals surface area contributed by atoms with Crippen molar-refractivity contribution in [1.82, 2.24) is 4.98 Å². The molecule has 100 valence electrons. The second-order valence-corrected chi connectivity index (χ2v) is 4.59. The molecule has 4 heteroatoms. The zero-order valence-electron chi connectivity index (χ0n) is 11.3. The maximum atomic E-state index is 5.88. The van der Waals surface area contributed by atoms with Crippen molar-refractivity contribution in [3.05, 3.63) is 48.3 Å². The molecule has 19 heavy (non-hydrogen) atoms. The summed E-state index contributed by atoms with van der Waals surface area (Å²) in [6, 6.07) is 11.6. The van der Waals surface area contributed by atoms with Crippen molar-refractivity contribution in [3.8, 4) is 5.75 Å². The lowest BCUT2D eigenvalue weighted by molar-refractivity contribution is 0.244. The van der Waals surface area contributed by atoms with Crippen LogP contribution in [0.4, 0.5) is 11.4 Å². The van der Waals surface area contributed by atoms with E-state index in [0.717, 1.165) is 11.4 Å². The second-order valence-electron chi connectivity index (χ2n) is 4.59. The third kappa shape index (κ3) is 3.88. The average Bonchev–Trinajstić information content (AvgIpc) is 2.40. The molecule has 1 aromatic heterocycles. The Kier molecular flexibility index (Phi) is 4.23. The first kappa shape index (κ1) is 13.2. The number of aromatic nitrogens is 1. The van der Waals surface area contributed by atoms with Crippen LogP contribution in [-0.2, 0) is 6.54 Å². The highest BCUT2D eigenvalue weighted by atomic mass is 16.5. The fourth-order valence-corrected chi connectivity index (χ4v) is 1.70. The lowest BCUT2D eigenvalue weighted by atomic mass is 10.2. The third-order valence-corrected chi connectivity index (χ3v) is 2.58. The summed E-state index contributed by atoms with van der Waals surface area (Å²) in [4.78, 5) is 4.26. The molecule has 0 fully saturated rings. The molecule has 0 radical (unpaired) electrons. The number of nitrogens with one attached hydrogen (secondary N) is 1. The van der Waals surface area contributed by atoms with E-state index in [9.17, 15) is 0 Å². The van der Waals surface area contributed by atoms with E-state index >= 15 is 0 Å². The number of hydrogen-bond donors (Lipinski definition) is 2. The van der Waals surface area contributed by atoms with Gasteiger partial charge in [-0.2, -0.15) is 0 Å².